The molecule has 9 nitrogen and oxygen atoms in total. The van der Waals surface area contributed by atoms with Crippen molar-refractivity contribution in [1.82, 2.24) is 14.9 Å². The molecule has 1 aliphatic rings. The van der Waals surface area contributed by atoms with Gasteiger partial charge in [-0.05, 0) is 41.8 Å². The average Bonchev–Trinajstić information content (AvgIpc) is 3.34. The fraction of sp³-hybridized carbons (Fsp3) is 0.286. The first-order valence-corrected chi connectivity index (χ1v) is 14.6. The highest BCUT2D eigenvalue weighted by Gasteiger charge is 2.23. The number of fused-ring (bicyclic) bond motifs is 1. The van der Waals surface area contributed by atoms with E-state index < -0.39 is 38.8 Å². The highest BCUT2D eigenvalue weighted by atomic mass is 32.2. The molecule has 4 aromatic rings. The molecule has 0 radical (unpaired) electrons. The van der Waals surface area contributed by atoms with Crippen molar-refractivity contribution in [3.8, 4) is 11.1 Å². The van der Waals surface area contributed by atoms with Crippen molar-refractivity contribution in [2.24, 2.45) is 0 Å². The summed E-state index contributed by atoms with van der Waals surface area (Å²) in [5.74, 6) is -3.74. The highest BCUT2D eigenvalue weighted by Crippen LogP contribution is 2.31. The molecule has 12 heteroatoms. The zero-order chi connectivity index (χ0) is 28.3. The second-order valence-corrected chi connectivity index (χ2v) is 11.4. The van der Waals surface area contributed by atoms with E-state index >= 15 is 4.39 Å². The molecule has 0 spiro atoms. The van der Waals surface area contributed by atoms with Gasteiger partial charge in [0, 0.05) is 36.8 Å². The number of nitrogens with zero attached hydrogens (tertiary/aromatic N) is 2. The van der Waals surface area contributed by atoms with Crippen molar-refractivity contribution in [3.63, 3.8) is 0 Å². The number of halogens is 2. The van der Waals surface area contributed by atoms with Crippen molar-refractivity contribution in [2.75, 3.05) is 42.1 Å². The molecule has 1 saturated heterocycles. The van der Waals surface area contributed by atoms with Crippen LogP contribution in [0.4, 0.5) is 20.2 Å². The summed E-state index contributed by atoms with van der Waals surface area (Å²) in [6.45, 7) is 5.63. The minimum Gasteiger partial charge on any atom is -0.379 e. The zero-order valence-electron chi connectivity index (χ0n) is 21.8. The Hall–Kier alpha value is -3.87. The van der Waals surface area contributed by atoms with E-state index in [9.17, 15) is 17.6 Å². The number of ether oxygens (including phenoxy) is 1. The van der Waals surface area contributed by atoms with Crippen LogP contribution >= 0.6 is 0 Å². The Kier molecular flexibility index (Phi) is 8.10. The minimum atomic E-state index is -3.85. The van der Waals surface area contributed by atoms with Crippen LogP contribution in [0.25, 0.3) is 22.2 Å². The maximum Gasteiger partial charge on any atom is 0.261 e. The molecule has 1 fully saturated rings. The first kappa shape index (κ1) is 27.7. The van der Waals surface area contributed by atoms with Gasteiger partial charge in [0.25, 0.3) is 5.91 Å². The summed E-state index contributed by atoms with van der Waals surface area (Å²) < 4.78 is 61.3. The number of benzene rings is 2. The van der Waals surface area contributed by atoms with Gasteiger partial charge in [0.15, 0.2) is 5.82 Å². The molecule has 0 atom stereocenters. The molecular weight excluding hydrogens is 540 g/mol. The predicted molar refractivity (Wildman–Crippen MR) is 150 cm³/mol. The number of hydrogen-bond donors (Lipinski definition) is 3. The number of pyridine rings is 1. The van der Waals surface area contributed by atoms with Gasteiger partial charge < -0.3 is 15.0 Å². The third kappa shape index (κ3) is 6.14. The molecule has 0 aliphatic carbocycles. The standard InChI is InChI=1S/C28H29F2N5O4S/c1-2-12-40(37,38)34-24-7-6-23(29)25(26(24)30)28(36)33-20-14-21-22(16-32-27(21)31-15-20)19-5-3-4-18(13-19)17-35-8-10-39-11-9-35/h3-7,13-16,34H,2,8-12,17H2,1H3,(H,31,32)(H,33,36). The quantitative estimate of drug-likeness (QED) is 0.268. The van der Waals surface area contributed by atoms with Crippen molar-refractivity contribution < 1.29 is 26.7 Å². The number of H-pyrrole nitrogens is 1. The molecule has 2 aromatic heterocycles. The van der Waals surface area contributed by atoms with Crippen molar-refractivity contribution in [3.05, 3.63) is 77.6 Å². The van der Waals surface area contributed by atoms with E-state index in [2.05, 4.69) is 37.0 Å². The smallest absolute Gasteiger partial charge is 0.261 e. The highest BCUT2D eigenvalue weighted by molar-refractivity contribution is 7.92. The Morgan fingerprint density at radius 2 is 1.95 bits per heavy atom. The molecule has 0 saturated carbocycles. The Labute approximate surface area is 230 Å². The number of sulfonamides is 1. The topological polar surface area (TPSA) is 116 Å². The van der Waals surface area contributed by atoms with Crippen LogP contribution in [0, 0.1) is 11.6 Å². The number of anilines is 2. The zero-order valence-corrected chi connectivity index (χ0v) is 22.7. The molecule has 3 heterocycles. The lowest BCUT2D eigenvalue weighted by atomic mass is 10.0. The number of amides is 1. The predicted octanol–water partition coefficient (Wildman–Crippen LogP) is 4.74. The van der Waals surface area contributed by atoms with Gasteiger partial charge in [-0.2, -0.15) is 0 Å². The van der Waals surface area contributed by atoms with Gasteiger partial charge in [-0.15, -0.1) is 0 Å². The maximum atomic E-state index is 15.1. The Bertz CT molecular complexity index is 1650. The monoisotopic (exact) mass is 569 g/mol. The van der Waals surface area contributed by atoms with Crippen LogP contribution in [0.1, 0.15) is 29.3 Å². The molecule has 0 bridgehead atoms. The Morgan fingerprint density at radius 3 is 2.73 bits per heavy atom. The van der Waals surface area contributed by atoms with E-state index in [0.29, 0.717) is 17.5 Å². The lowest BCUT2D eigenvalue weighted by Crippen LogP contribution is -2.35. The van der Waals surface area contributed by atoms with Crippen LogP contribution in [0.15, 0.2) is 54.9 Å². The average molecular weight is 570 g/mol. The van der Waals surface area contributed by atoms with Gasteiger partial charge in [-0.25, -0.2) is 22.2 Å². The van der Waals surface area contributed by atoms with Gasteiger partial charge in [0.05, 0.1) is 36.5 Å². The van der Waals surface area contributed by atoms with Crippen LogP contribution in [0.5, 0.6) is 0 Å². The summed E-state index contributed by atoms with van der Waals surface area (Å²) >= 11 is 0. The number of carbonyl (C=O) groups is 1. The number of aromatic amines is 1. The van der Waals surface area contributed by atoms with Gasteiger partial charge in [0.1, 0.15) is 17.0 Å². The number of morpholine rings is 1. The van der Waals surface area contributed by atoms with Gasteiger partial charge in [-0.1, -0.05) is 25.1 Å². The summed E-state index contributed by atoms with van der Waals surface area (Å²) in [5.41, 5.74) is 2.35. The van der Waals surface area contributed by atoms with Crippen molar-refractivity contribution in [1.29, 1.82) is 0 Å². The van der Waals surface area contributed by atoms with Crippen LogP contribution in [0.2, 0.25) is 0 Å². The number of carbonyl (C=O) groups excluding carboxylic acids is 1. The molecule has 5 rings (SSSR count). The van der Waals surface area contributed by atoms with Crippen LogP contribution in [-0.4, -0.2) is 61.2 Å². The largest absolute Gasteiger partial charge is 0.379 e. The maximum absolute atomic E-state index is 15.1. The van der Waals surface area contributed by atoms with E-state index in [1.807, 2.05) is 18.3 Å². The molecule has 2 aromatic carbocycles. The van der Waals surface area contributed by atoms with Crippen LogP contribution < -0.4 is 10.0 Å². The van der Waals surface area contributed by atoms with Gasteiger partial charge in [-0.3, -0.25) is 14.4 Å². The summed E-state index contributed by atoms with van der Waals surface area (Å²) in [6.07, 6.45) is 3.50. The first-order valence-electron chi connectivity index (χ1n) is 12.9. The summed E-state index contributed by atoms with van der Waals surface area (Å²) in [4.78, 5) is 22.7. The van der Waals surface area contributed by atoms with Crippen LogP contribution in [0.3, 0.4) is 0 Å². The molecule has 40 heavy (non-hydrogen) atoms. The number of aromatic nitrogens is 2. The molecule has 1 aliphatic heterocycles. The normalized spacial score (nSPS) is 14.4. The summed E-state index contributed by atoms with van der Waals surface area (Å²) in [5, 5.41) is 3.20. The number of hydrogen-bond acceptors (Lipinski definition) is 6. The lowest BCUT2D eigenvalue weighted by molar-refractivity contribution is 0.0342. The van der Waals surface area contributed by atoms with E-state index in [1.165, 1.54) is 6.20 Å². The van der Waals surface area contributed by atoms with Crippen molar-refractivity contribution >= 4 is 38.3 Å². The fourth-order valence-corrected chi connectivity index (χ4v) is 5.82. The van der Waals surface area contributed by atoms with E-state index in [4.69, 9.17) is 4.74 Å². The van der Waals surface area contributed by atoms with E-state index in [-0.39, 0.29) is 11.4 Å². The lowest BCUT2D eigenvalue weighted by Gasteiger charge is -2.26. The van der Waals surface area contributed by atoms with Crippen molar-refractivity contribution in [2.45, 2.75) is 19.9 Å². The molecule has 0 unspecified atom stereocenters. The number of rotatable bonds is 9. The Morgan fingerprint density at radius 1 is 1.15 bits per heavy atom. The van der Waals surface area contributed by atoms with Crippen LogP contribution in [-0.2, 0) is 21.3 Å². The third-order valence-electron chi connectivity index (χ3n) is 6.59. The second kappa shape index (κ2) is 11.7. The number of nitrogens with one attached hydrogen (secondary N) is 3. The molecule has 3 N–H and O–H groups in total. The Balaban J connectivity index is 1.40. The summed E-state index contributed by atoms with van der Waals surface area (Å²) in [7, 11) is -3.85. The SMILES string of the molecule is CCCS(=O)(=O)Nc1ccc(F)c(C(=O)Nc2cnc3[nH]cc(-c4cccc(CN5CCOCC5)c4)c3c2)c1F. The van der Waals surface area contributed by atoms with E-state index in [0.717, 1.165) is 61.7 Å². The minimum absolute atomic E-state index is 0.221. The molecular formula is C28H29F2N5O4S. The summed E-state index contributed by atoms with van der Waals surface area (Å²) in [6, 6.07) is 11.6. The first-order chi connectivity index (χ1) is 19.2. The second-order valence-electron chi connectivity index (χ2n) is 9.57. The van der Waals surface area contributed by atoms with Gasteiger partial charge in [0.2, 0.25) is 10.0 Å². The van der Waals surface area contributed by atoms with Gasteiger partial charge >= 0.3 is 0 Å². The fourth-order valence-electron chi connectivity index (χ4n) is 4.69. The van der Waals surface area contributed by atoms with E-state index in [1.54, 1.807) is 13.0 Å². The molecule has 210 valence electrons. The third-order valence-corrected chi connectivity index (χ3v) is 8.07. The molecule has 1 amide bonds.